The van der Waals surface area contributed by atoms with Crippen LogP contribution in [0.25, 0.3) is 0 Å². The van der Waals surface area contributed by atoms with Crippen molar-refractivity contribution in [2.45, 2.75) is 12.3 Å². The van der Waals surface area contributed by atoms with E-state index in [0.717, 1.165) is 20.3 Å². The number of hydrogen-bond acceptors (Lipinski definition) is 6. The molecule has 0 aliphatic carbocycles. The first-order valence-corrected chi connectivity index (χ1v) is 9.65. The van der Waals surface area contributed by atoms with Crippen molar-refractivity contribution in [2.75, 3.05) is 12.3 Å². The third-order valence-electron chi connectivity index (χ3n) is 5.13. The third-order valence-corrected chi connectivity index (χ3v) is 5.13. The van der Waals surface area contributed by atoms with Crippen molar-refractivity contribution in [3.63, 3.8) is 0 Å². The molecule has 2 aromatic carbocycles. The summed E-state index contributed by atoms with van der Waals surface area (Å²) in [6, 6.07) is 19.0. The minimum absolute atomic E-state index is 0.0159. The highest BCUT2D eigenvalue weighted by atomic mass is 16.5. The molecule has 0 amide bonds. The molecule has 160 valence electrons. The van der Waals surface area contributed by atoms with E-state index in [-0.39, 0.29) is 23.7 Å². The summed E-state index contributed by atoms with van der Waals surface area (Å²) >= 11 is 0. The number of nitrogens with zero attached hydrogens (tertiary/aromatic N) is 2. The first-order chi connectivity index (χ1) is 14.8. The topological polar surface area (TPSA) is 113 Å². The van der Waals surface area contributed by atoms with E-state index < -0.39 is 29.6 Å². The van der Waals surface area contributed by atoms with E-state index in [4.69, 9.17) is 10.5 Å². The molecule has 8 heteroatoms. The van der Waals surface area contributed by atoms with Crippen molar-refractivity contribution < 1.29 is 14.3 Å². The van der Waals surface area contributed by atoms with Crippen LogP contribution in [0, 0.1) is 0 Å². The Labute approximate surface area is 178 Å². The average molecular weight is 421 g/mol. The Morgan fingerprint density at radius 2 is 1.42 bits per heavy atom. The van der Waals surface area contributed by atoms with Crippen LogP contribution < -0.4 is 17.0 Å². The number of benzene rings is 2. The lowest BCUT2D eigenvalue weighted by Crippen LogP contribution is -2.42. The van der Waals surface area contributed by atoms with E-state index in [0.29, 0.717) is 0 Å². The van der Waals surface area contributed by atoms with Crippen molar-refractivity contribution in [3.05, 3.63) is 98.2 Å². The second kappa shape index (κ2) is 9.25. The van der Waals surface area contributed by atoms with Crippen LogP contribution in [0.3, 0.4) is 0 Å². The second-order valence-corrected chi connectivity index (χ2v) is 7.13. The van der Waals surface area contributed by atoms with Crippen LogP contribution in [0.4, 0.5) is 5.82 Å². The standard InChI is InChI=1S/C23H23N3O5/c1-25-21(24)20(22(29)26(2)23(25)30)18(27)14-31-19(28)13-17(15-9-5-3-6-10-15)16-11-7-4-8-12-16/h3-12,17H,13-14,24H2,1-2H3. The SMILES string of the molecule is Cn1c(N)c(C(=O)COC(=O)CC(c2ccccc2)c2ccccc2)c(=O)n(C)c1=O. The van der Waals surface area contributed by atoms with Gasteiger partial charge >= 0.3 is 11.7 Å². The second-order valence-electron chi connectivity index (χ2n) is 7.13. The number of anilines is 1. The highest BCUT2D eigenvalue weighted by Crippen LogP contribution is 2.28. The Bertz CT molecular complexity index is 1170. The first-order valence-electron chi connectivity index (χ1n) is 9.65. The van der Waals surface area contributed by atoms with Crippen LogP contribution in [-0.4, -0.2) is 27.5 Å². The number of aromatic nitrogens is 2. The van der Waals surface area contributed by atoms with Gasteiger partial charge in [0.2, 0.25) is 5.78 Å². The van der Waals surface area contributed by atoms with Gasteiger partial charge in [-0.2, -0.15) is 0 Å². The number of carbonyl (C=O) groups excluding carboxylic acids is 2. The fraction of sp³-hybridized carbons (Fsp3) is 0.217. The highest BCUT2D eigenvalue weighted by molar-refractivity contribution is 6.01. The Kier molecular flexibility index (Phi) is 6.49. The van der Waals surface area contributed by atoms with Gasteiger partial charge in [-0.3, -0.25) is 23.5 Å². The molecule has 2 N–H and O–H groups in total. The number of nitrogen functional groups attached to an aromatic ring is 1. The molecule has 8 nitrogen and oxygen atoms in total. The number of hydrogen-bond donors (Lipinski definition) is 1. The van der Waals surface area contributed by atoms with Gasteiger partial charge in [0.05, 0.1) is 6.42 Å². The molecule has 31 heavy (non-hydrogen) atoms. The molecule has 0 radical (unpaired) electrons. The number of nitrogens with two attached hydrogens (primary N) is 1. The minimum atomic E-state index is -0.826. The van der Waals surface area contributed by atoms with E-state index in [9.17, 15) is 19.2 Å². The molecule has 0 fully saturated rings. The van der Waals surface area contributed by atoms with Crippen LogP contribution in [0.5, 0.6) is 0 Å². The molecule has 1 heterocycles. The molecule has 0 atom stereocenters. The van der Waals surface area contributed by atoms with Crippen molar-refractivity contribution in [1.29, 1.82) is 0 Å². The lowest BCUT2D eigenvalue weighted by Gasteiger charge is -2.17. The van der Waals surface area contributed by atoms with Crippen molar-refractivity contribution in [3.8, 4) is 0 Å². The van der Waals surface area contributed by atoms with Gasteiger partial charge in [-0.25, -0.2) is 4.79 Å². The van der Waals surface area contributed by atoms with Crippen LogP contribution in [-0.2, 0) is 23.6 Å². The molecule has 0 spiro atoms. The summed E-state index contributed by atoms with van der Waals surface area (Å²) < 4.78 is 6.95. The molecule has 3 rings (SSSR count). The normalized spacial score (nSPS) is 10.8. The minimum Gasteiger partial charge on any atom is -0.457 e. The maximum atomic E-state index is 12.5. The molecule has 0 aliphatic rings. The Morgan fingerprint density at radius 3 is 1.94 bits per heavy atom. The maximum Gasteiger partial charge on any atom is 0.332 e. The Hall–Kier alpha value is -3.94. The van der Waals surface area contributed by atoms with Gasteiger partial charge < -0.3 is 10.5 Å². The van der Waals surface area contributed by atoms with Crippen LogP contribution in [0.2, 0.25) is 0 Å². The van der Waals surface area contributed by atoms with Crippen molar-refractivity contribution in [1.82, 2.24) is 9.13 Å². The van der Waals surface area contributed by atoms with Gasteiger partial charge in [0.15, 0.2) is 6.61 Å². The number of ether oxygens (including phenoxy) is 1. The number of ketones is 1. The lowest BCUT2D eigenvalue weighted by atomic mass is 9.89. The Balaban J connectivity index is 1.77. The molecular weight excluding hydrogens is 398 g/mol. The van der Waals surface area contributed by atoms with E-state index in [1.165, 1.54) is 14.1 Å². The van der Waals surface area contributed by atoms with Gasteiger partial charge in [-0.05, 0) is 11.1 Å². The van der Waals surface area contributed by atoms with Crippen molar-refractivity contribution in [2.24, 2.45) is 14.1 Å². The van der Waals surface area contributed by atoms with Gasteiger partial charge in [0, 0.05) is 20.0 Å². The first kappa shape index (κ1) is 21.8. The van der Waals surface area contributed by atoms with Gasteiger partial charge in [-0.15, -0.1) is 0 Å². The molecule has 0 saturated carbocycles. The zero-order valence-electron chi connectivity index (χ0n) is 17.3. The van der Waals surface area contributed by atoms with Gasteiger partial charge in [0.1, 0.15) is 11.4 Å². The third kappa shape index (κ3) is 4.63. The van der Waals surface area contributed by atoms with E-state index >= 15 is 0 Å². The van der Waals surface area contributed by atoms with Crippen molar-refractivity contribution >= 4 is 17.6 Å². The summed E-state index contributed by atoms with van der Waals surface area (Å²) in [4.78, 5) is 49.3. The van der Waals surface area contributed by atoms with Gasteiger partial charge in [0.25, 0.3) is 5.56 Å². The predicted molar refractivity (Wildman–Crippen MR) is 116 cm³/mol. The smallest absolute Gasteiger partial charge is 0.332 e. The number of Topliss-reactive ketones (excluding diaryl/α,β-unsaturated/α-hetero) is 1. The summed E-state index contributed by atoms with van der Waals surface area (Å²) in [6.45, 7) is -0.646. The van der Waals surface area contributed by atoms with E-state index in [1.807, 2.05) is 60.7 Å². The lowest BCUT2D eigenvalue weighted by molar-refractivity contribution is -0.142. The molecule has 3 aromatic rings. The molecule has 0 saturated heterocycles. The summed E-state index contributed by atoms with van der Waals surface area (Å²) in [5, 5.41) is 0. The van der Waals surface area contributed by atoms with Crippen LogP contribution >= 0.6 is 0 Å². The van der Waals surface area contributed by atoms with E-state index in [2.05, 4.69) is 0 Å². The average Bonchev–Trinajstić information content (AvgIpc) is 2.80. The zero-order chi connectivity index (χ0) is 22.5. The number of esters is 1. The van der Waals surface area contributed by atoms with E-state index in [1.54, 1.807) is 0 Å². The largest absolute Gasteiger partial charge is 0.457 e. The van der Waals surface area contributed by atoms with Gasteiger partial charge in [-0.1, -0.05) is 60.7 Å². The Morgan fingerprint density at radius 1 is 0.903 bits per heavy atom. The zero-order valence-corrected chi connectivity index (χ0v) is 17.3. The molecule has 0 aliphatic heterocycles. The predicted octanol–water partition coefficient (Wildman–Crippen LogP) is 1.61. The maximum absolute atomic E-state index is 12.5. The number of carbonyl (C=O) groups is 2. The number of rotatable bonds is 7. The summed E-state index contributed by atoms with van der Waals surface area (Å²) in [5.41, 5.74) is 5.81. The molecule has 1 aromatic heterocycles. The van der Waals surface area contributed by atoms with Crippen LogP contribution in [0.1, 0.15) is 33.8 Å². The molecule has 0 bridgehead atoms. The van der Waals surface area contributed by atoms with Crippen LogP contribution in [0.15, 0.2) is 70.3 Å². The monoisotopic (exact) mass is 421 g/mol. The highest BCUT2D eigenvalue weighted by Gasteiger charge is 2.23. The molecular formula is C23H23N3O5. The molecule has 0 unspecified atom stereocenters. The summed E-state index contributed by atoms with van der Waals surface area (Å²) in [7, 11) is 2.60. The summed E-state index contributed by atoms with van der Waals surface area (Å²) in [6.07, 6.45) is 0.0159. The fourth-order valence-corrected chi connectivity index (χ4v) is 3.36. The quantitative estimate of drug-likeness (QED) is 0.458. The summed E-state index contributed by atoms with van der Waals surface area (Å²) in [5.74, 6) is -1.87. The fourth-order valence-electron chi connectivity index (χ4n) is 3.36.